The molecule has 2 fully saturated rings. The molecule has 5 rings (SSSR count). The first-order valence-electron chi connectivity index (χ1n) is 14.6. The number of hydrogen-bond acceptors (Lipinski definition) is 5. The van der Waals surface area contributed by atoms with E-state index in [1.54, 1.807) is 0 Å². The lowest BCUT2D eigenvalue weighted by atomic mass is 10.1. The number of H-pyrrole nitrogens is 1. The Morgan fingerprint density at radius 3 is 1.76 bits per heavy atom. The maximum absolute atomic E-state index is 12.9. The third kappa shape index (κ3) is 7.26. The number of ether oxygens (including phenoxy) is 2. The quantitative estimate of drug-likeness (QED) is 0.243. The predicted molar refractivity (Wildman–Crippen MR) is 152 cm³/mol. The summed E-state index contributed by atoms with van der Waals surface area (Å²) in [5.74, 6) is 1.57. The summed E-state index contributed by atoms with van der Waals surface area (Å²) in [6, 6.07) is 11.9. The van der Waals surface area contributed by atoms with Gasteiger partial charge in [-0.3, -0.25) is 4.79 Å². The minimum absolute atomic E-state index is 0.0864. The summed E-state index contributed by atoms with van der Waals surface area (Å²) >= 11 is 0. The van der Waals surface area contributed by atoms with Crippen LogP contribution < -0.4 is 15.0 Å². The van der Waals surface area contributed by atoms with Crippen LogP contribution in [-0.4, -0.2) is 67.3 Å². The van der Waals surface area contributed by atoms with Crippen molar-refractivity contribution < 1.29 is 9.47 Å². The Kier molecular flexibility index (Phi) is 9.36. The molecule has 37 heavy (non-hydrogen) atoms. The van der Waals surface area contributed by atoms with Gasteiger partial charge < -0.3 is 24.3 Å². The van der Waals surface area contributed by atoms with Crippen LogP contribution in [0.1, 0.15) is 64.2 Å². The summed E-state index contributed by atoms with van der Waals surface area (Å²) in [5.41, 5.74) is 0.728. The first kappa shape index (κ1) is 26.1. The standard InChI is InChI=1S/C31H43N3O3/c35-31-29-23-25(36-21-9-7-19-33-15-3-1-4-16-33)11-13-27(29)28-14-12-26(24-30(28)32-31)37-22-10-8-20-34-17-5-2-6-18-34/h11-14,23-24H,1-10,15-22H2,(H,32,35). The zero-order valence-corrected chi connectivity index (χ0v) is 22.3. The zero-order valence-electron chi connectivity index (χ0n) is 22.3. The van der Waals surface area contributed by atoms with Crippen LogP contribution in [0.2, 0.25) is 0 Å². The molecule has 3 aromatic rings. The van der Waals surface area contributed by atoms with Gasteiger partial charge in [0.2, 0.25) is 0 Å². The summed E-state index contributed by atoms with van der Waals surface area (Å²) in [5, 5.41) is 2.65. The van der Waals surface area contributed by atoms with Crippen LogP contribution in [0.3, 0.4) is 0 Å². The predicted octanol–water partition coefficient (Wildman–Crippen LogP) is 5.97. The summed E-state index contributed by atoms with van der Waals surface area (Å²) in [6.45, 7) is 8.71. The number of nitrogens with one attached hydrogen (secondary N) is 1. The number of pyridine rings is 1. The second-order valence-corrected chi connectivity index (χ2v) is 10.8. The van der Waals surface area contributed by atoms with Crippen molar-refractivity contribution in [1.29, 1.82) is 0 Å². The fourth-order valence-electron chi connectivity index (χ4n) is 5.80. The first-order valence-corrected chi connectivity index (χ1v) is 14.6. The van der Waals surface area contributed by atoms with Crippen molar-refractivity contribution in [3.63, 3.8) is 0 Å². The lowest BCUT2D eigenvalue weighted by Gasteiger charge is -2.26. The molecule has 0 unspecified atom stereocenters. The summed E-state index contributed by atoms with van der Waals surface area (Å²) in [6.07, 6.45) is 12.5. The maximum Gasteiger partial charge on any atom is 0.256 e. The Labute approximate surface area is 220 Å². The van der Waals surface area contributed by atoms with Gasteiger partial charge >= 0.3 is 0 Å². The Bertz CT molecular complexity index is 1200. The Morgan fingerprint density at radius 2 is 1.16 bits per heavy atom. The van der Waals surface area contributed by atoms with E-state index in [0.717, 1.165) is 60.0 Å². The highest BCUT2D eigenvalue weighted by Crippen LogP contribution is 2.27. The van der Waals surface area contributed by atoms with Gasteiger partial charge in [-0.1, -0.05) is 12.8 Å². The van der Waals surface area contributed by atoms with Crippen molar-refractivity contribution in [3.05, 3.63) is 46.8 Å². The van der Waals surface area contributed by atoms with Crippen LogP contribution >= 0.6 is 0 Å². The van der Waals surface area contributed by atoms with E-state index in [-0.39, 0.29) is 5.56 Å². The average molecular weight is 506 g/mol. The number of rotatable bonds is 12. The van der Waals surface area contributed by atoms with E-state index in [2.05, 4.69) is 20.9 Å². The topological polar surface area (TPSA) is 57.8 Å². The Balaban J connectivity index is 1.12. The normalized spacial score (nSPS) is 17.4. The largest absolute Gasteiger partial charge is 0.494 e. The number of piperidine rings is 2. The minimum atomic E-state index is -0.0864. The second-order valence-electron chi connectivity index (χ2n) is 10.8. The van der Waals surface area contributed by atoms with Gasteiger partial charge in [0.1, 0.15) is 11.5 Å². The van der Waals surface area contributed by atoms with Crippen LogP contribution in [0, 0.1) is 0 Å². The number of hydrogen-bond donors (Lipinski definition) is 1. The molecule has 2 aromatic carbocycles. The summed E-state index contributed by atoms with van der Waals surface area (Å²) in [7, 11) is 0. The van der Waals surface area contributed by atoms with Gasteiger partial charge in [-0.05, 0) is 126 Å². The molecule has 1 aromatic heterocycles. The third-order valence-electron chi connectivity index (χ3n) is 7.94. The molecule has 0 spiro atoms. The monoisotopic (exact) mass is 505 g/mol. The van der Waals surface area contributed by atoms with E-state index in [1.165, 1.54) is 71.2 Å². The summed E-state index contributed by atoms with van der Waals surface area (Å²) in [4.78, 5) is 21.1. The number of unbranched alkanes of at least 4 members (excludes halogenated alkanes) is 2. The van der Waals surface area contributed by atoms with E-state index in [0.29, 0.717) is 18.6 Å². The van der Waals surface area contributed by atoms with Crippen LogP contribution in [0.25, 0.3) is 21.7 Å². The fraction of sp³-hybridized carbons (Fsp3) is 0.581. The molecule has 0 saturated carbocycles. The van der Waals surface area contributed by atoms with E-state index >= 15 is 0 Å². The van der Waals surface area contributed by atoms with E-state index < -0.39 is 0 Å². The average Bonchev–Trinajstić information content (AvgIpc) is 2.94. The molecule has 6 heteroatoms. The van der Waals surface area contributed by atoms with Gasteiger partial charge in [0, 0.05) is 11.5 Å². The molecule has 200 valence electrons. The van der Waals surface area contributed by atoms with Crippen LogP contribution in [0.4, 0.5) is 0 Å². The number of aromatic amines is 1. The minimum Gasteiger partial charge on any atom is -0.494 e. The molecule has 0 aliphatic carbocycles. The third-order valence-corrected chi connectivity index (χ3v) is 7.94. The molecule has 0 atom stereocenters. The summed E-state index contributed by atoms with van der Waals surface area (Å²) < 4.78 is 12.0. The molecular weight excluding hydrogens is 462 g/mol. The van der Waals surface area contributed by atoms with Gasteiger partial charge in [-0.15, -0.1) is 0 Å². The van der Waals surface area contributed by atoms with E-state index in [1.807, 2.05) is 30.3 Å². The Morgan fingerprint density at radius 1 is 0.622 bits per heavy atom. The van der Waals surface area contributed by atoms with Gasteiger partial charge in [-0.25, -0.2) is 0 Å². The molecular formula is C31H43N3O3. The van der Waals surface area contributed by atoms with E-state index in [4.69, 9.17) is 9.47 Å². The molecule has 3 heterocycles. The number of nitrogens with zero attached hydrogens (tertiary/aromatic N) is 2. The van der Waals surface area contributed by atoms with Crippen LogP contribution in [0.15, 0.2) is 41.2 Å². The van der Waals surface area contributed by atoms with Crippen molar-refractivity contribution in [2.24, 2.45) is 0 Å². The van der Waals surface area contributed by atoms with Gasteiger partial charge in [0.05, 0.1) is 24.1 Å². The van der Waals surface area contributed by atoms with Crippen molar-refractivity contribution >= 4 is 21.7 Å². The number of fused-ring (bicyclic) bond motifs is 3. The first-order chi connectivity index (χ1) is 18.3. The Hall–Kier alpha value is -2.57. The molecule has 2 saturated heterocycles. The molecule has 0 radical (unpaired) electrons. The molecule has 2 aliphatic rings. The highest BCUT2D eigenvalue weighted by Gasteiger charge is 2.11. The van der Waals surface area contributed by atoms with Gasteiger partial charge in [0.25, 0.3) is 5.56 Å². The lowest BCUT2D eigenvalue weighted by molar-refractivity contribution is 0.216. The van der Waals surface area contributed by atoms with Gasteiger partial charge in [0.15, 0.2) is 0 Å². The van der Waals surface area contributed by atoms with Crippen molar-refractivity contribution in [3.8, 4) is 11.5 Å². The van der Waals surface area contributed by atoms with E-state index in [9.17, 15) is 4.79 Å². The fourth-order valence-corrected chi connectivity index (χ4v) is 5.80. The highest BCUT2D eigenvalue weighted by atomic mass is 16.5. The van der Waals surface area contributed by atoms with Crippen LogP contribution in [-0.2, 0) is 0 Å². The number of benzene rings is 2. The SMILES string of the molecule is O=c1[nH]c2cc(OCCCCN3CCCCC3)ccc2c2ccc(OCCCCN3CCCCC3)cc12. The molecule has 2 aliphatic heterocycles. The van der Waals surface area contributed by atoms with Crippen molar-refractivity contribution in [1.82, 2.24) is 14.8 Å². The lowest BCUT2D eigenvalue weighted by Crippen LogP contribution is -2.30. The van der Waals surface area contributed by atoms with Crippen LogP contribution in [0.5, 0.6) is 11.5 Å². The molecule has 6 nitrogen and oxygen atoms in total. The molecule has 1 N–H and O–H groups in total. The van der Waals surface area contributed by atoms with Crippen molar-refractivity contribution in [2.75, 3.05) is 52.5 Å². The second kappa shape index (κ2) is 13.3. The molecule has 0 bridgehead atoms. The smallest absolute Gasteiger partial charge is 0.256 e. The number of likely N-dealkylation sites (tertiary alicyclic amines) is 2. The maximum atomic E-state index is 12.9. The molecule has 0 amide bonds. The van der Waals surface area contributed by atoms with Crippen molar-refractivity contribution in [2.45, 2.75) is 64.2 Å². The number of aromatic nitrogens is 1. The zero-order chi connectivity index (χ0) is 25.3. The highest BCUT2D eigenvalue weighted by molar-refractivity contribution is 6.05. The van der Waals surface area contributed by atoms with Gasteiger partial charge in [-0.2, -0.15) is 0 Å².